The van der Waals surface area contributed by atoms with Gasteiger partial charge in [0.1, 0.15) is 17.5 Å². The van der Waals surface area contributed by atoms with Gasteiger partial charge in [-0.25, -0.2) is 9.97 Å². The maximum atomic E-state index is 9.29. The largest absolute Gasteiger partial charge is 0.496 e. The van der Waals surface area contributed by atoms with Gasteiger partial charge in [0, 0.05) is 12.4 Å². The van der Waals surface area contributed by atoms with Crippen LogP contribution in [-0.2, 0) is 0 Å². The second-order valence-corrected chi connectivity index (χ2v) is 3.90. The SMILES string of the molecule is COc1ccc(C(C#N)c2ncccn2)cc1C. The van der Waals surface area contributed by atoms with E-state index in [2.05, 4.69) is 16.0 Å². The Labute approximate surface area is 106 Å². The van der Waals surface area contributed by atoms with E-state index in [9.17, 15) is 5.26 Å². The van der Waals surface area contributed by atoms with Crippen molar-refractivity contribution in [2.45, 2.75) is 12.8 Å². The number of nitrogens with zero attached hydrogens (tertiary/aromatic N) is 3. The number of ether oxygens (including phenoxy) is 1. The fraction of sp³-hybridized carbons (Fsp3) is 0.214. The van der Waals surface area contributed by atoms with Crippen molar-refractivity contribution in [3.05, 3.63) is 53.6 Å². The topological polar surface area (TPSA) is 58.8 Å². The Kier molecular flexibility index (Phi) is 3.54. The summed E-state index contributed by atoms with van der Waals surface area (Å²) in [6.07, 6.45) is 3.28. The first-order valence-corrected chi connectivity index (χ1v) is 5.57. The maximum absolute atomic E-state index is 9.29. The molecule has 1 atom stereocenters. The summed E-state index contributed by atoms with van der Waals surface area (Å²) >= 11 is 0. The highest BCUT2D eigenvalue weighted by molar-refractivity contribution is 5.41. The van der Waals surface area contributed by atoms with Crippen molar-refractivity contribution >= 4 is 0 Å². The van der Waals surface area contributed by atoms with E-state index in [4.69, 9.17) is 4.74 Å². The normalized spacial score (nSPS) is 11.6. The van der Waals surface area contributed by atoms with Gasteiger partial charge in [0.15, 0.2) is 0 Å². The van der Waals surface area contributed by atoms with E-state index in [0.29, 0.717) is 5.82 Å². The smallest absolute Gasteiger partial charge is 0.149 e. The van der Waals surface area contributed by atoms with E-state index in [1.807, 2.05) is 25.1 Å². The Morgan fingerprint density at radius 3 is 2.56 bits per heavy atom. The molecule has 4 nitrogen and oxygen atoms in total. The molecule has 4 heteroatoms. The molecule has 0 amide bonds. The summed E-state index contributed by atoms with van der Waals surface area (Å²) < 4.78 is 5.20. The van der Waals surface area contributed by atoms with Crippen molar-refractivity contribution in [2.75, 3.05) is 7.11 Å². The molecule has 0 fully saturated rings. The third kappa shape index (κ3) is 2.30. The van der Waals surface area contributed by atoms with E-state index >= 15 is 0 Å². The summed E-state index contributed by atoms with van der Waals surface area (Å²) in [5.41, 5.74) is 1.87. The van der Waals surface area contributed by atoms with Crippen LogP contribution in [-0.4, -0.2) is 17.1 Å². The Morgan fingerprint density at radius 2 is 2.00 bits per heavy atom. The summed E-state index contributed by atoms with van der Waals surface area (Å²) in [5.74, 6) is 0.879. The first kappa shape index (κ1) is 12.1. The lowest BCUT2D eigenvalue weighted by atomic mass is 9.97. The molecule has 2 aromatic rings. The third-order valence-electron chi connectivity index (χ3n) is 2.73. The Bertz CT molecular complexity index is 575. The average Bonchev–Trinajstić information content (AvgIpc) is 2.41. The molecule has 0 saturated heterocycles. The van der Waals surface area contributed by atoms with Crippen LogP contribution in [0.15, 0.2) is 36.7 Å². The Hall–Kier alpha value is -2.41. The first-order valence-electron chi connectivity index (χ1n) is 5.57. The molecule has 0 aliphatic heterocycles. The molecule has 0 radical (unpaired) electrons. The van der Waals surface area contributed by atoms with E-state index in [1.54, 1.807) is 25.6 Å². The summed E-state index contributed by atoms with van der Waals surface area (Å²) in [7, 11) is 1.63. The minimum absolute atomic E-state index is 0.448. The van der Waals surface area contributed by atoms with E-state index in [-0.39, 0.29) is 0 Å². The molecule has 0 N–H and O–H groups in total. The highest BCUT2D eigenvalue weighted by atomic mass is 16.5. The van der Waals surface area contributed by atoms with Gasteiger partial charge in [-0.2, -0.15) is 5.26 Å². The lowest BCUT2D eigenvalue weighted by Gasteiger charge is -2.10. The number of nitriles is 1. The van der Waals surface area contributed by atoms with Crippen molar-refractivity contribution in [3.63, 3.8) is 0 Å². The molecule has 1 heterocycles. The molecule has 18 heavy (non-hydrogen) atoms. The van der Waals surface area contributed by atoms with Crippen LogP contribution in [0.25, 0.3) is 0 Å². The van der Waals surface area contributed by atoms with Gasteiger partial charge >= 0.3 is 0 Å². The van der Waals surface area contributed by atoms with Gasteiger partial charge in [0.25, 0.3) is 0 Å². The van der Waals surface area contributed by atoms with Gasteiger partial charge in [0.05, 0.1) is 13.2 Å². The van der Waals surface area contributed by atoms with Gasteiger partial charge in [-0.3, -0.25) is 0 Å². The van der Waals surface area contributed by atoms with Gasteiger partial charge in [0.2, 0.25) is 0 Å². The molecule has 1 unspecified atom stereocenters. The fourth-order valence-corrected chi connectivity index (χ4v) is 1.82. The number of methoxy groups -OCH3 is 1. The lowest BCUT2D eigenvalue weighted by Crippen LogP contribution is -2.04. The van der Waals surface area contributed by atoms with E-state index in [0.717, 1.165) is 16.9 Å². The molecule has 0 bridgehead atoms. The second kappa shape index (κ2) is 5.28. The zero-order chi connectivity index (χ0) is 13.0. The number of rotatable bonds is 3. The van der Waals surface area contributed by atoms with Gasteiger partial charge in [-0.15, -0.1) is 0 Å². The standard InChI is InChI=1S/C14H13N3O/c1-10-8-11(4-5-13(10)18-2)12(9-15)14-16-6-3-7-17-14/h3-8,12H,1-2H3. The summed E-state index contributed by atoms with van der Waals surface area (Å²) in [4.78, 5) is 8.27. The molecular weight excluding hydrogens is 226 g/mol. The zero-order valence-electron chi connectivity index (χ0n) is 10.3. The first-order chi connectivity index (χ1) is 8.76. The summed E-state index contributed by atoms with van der Waals surface area (Å²) in [5, 5.41) is 9.29. The van der Waals surface area contributed by atoms with Crippen LogP contribution < -0.4 is 4.74 Å². The third-order valence-corrected chi connectivity index (χ3v) is 2.73. The van der Waals surface area contributed by atoms with E-state index < -0.39 is 5.92 Å². The van der Waals surface area contributed by atoms with Crippen molar-refractivity contribution in [1.29, 1.82) is 5.26 Å². The summed E-state index contributed by atoms with van der Waals surface area (Å²) in [6.45, 7) is 1.95. The molecule has 2 rings (SSSR count). The number of benzene rings is 1. The molecular formula is C14H13N3O. The minimum Gasteiger partial charge on any atom is -0.496 e. The molecule has 0 saturated carbocycles. The number of aryl methyl sites for hydroxylation is 1. The molecule has 0 aliphatic rings. The molecule has 0 aliphatic carbocycles. The van der Waals surface area contributed by atoms with Crippen molar-refractivity contribution in [2.24, 2.45) is 0 Å². The van der Waals surface area contributed by atoms with Crippen LogP contribution in [0.4, 0.5) is 0 Å². The quantitative estimate of drug-likeness (QED) is 0.825. The Morgan fingerprint density at radius 1 is 1.28 bits per heavy atom. The second-order valence-electron chi connectivity index (χ2n) is 3.90. The van der Waals surface area contributed by atoms with Crippen LogP contribution in [0.1, 0.15) is 22.9 Å². The van der Waals surface area contributed by atoms with Crippen LogP contribution in [0.5, 0.6) is 5.75 Å². The molecule has 90 valence electrons. The van der Waals surface area contributed by atoms with E-state index in [1.165, 1.54) is 0 Å². The number of aromatic nitrogens is 2. The highest BCUT2D eigenvalue weighted by Crippen LogP contribution is 2.26. The predicted octanol–water partition coefficient (Wildman–Crippen LogP) is 2.45. The number of hydrogen-bond donors (Lipinski definition) is 0. The Balaban J connectivity index is 2.41. The molecule has 1 aromatic heterocycles. The molecule has 1 aromatic carbocycles. The summed E-state index contributed by atoms with van der Waals surface area (Å²) in [6, 6.07) is 9.63. The highest BCUT2D eigenvalue weighted by Gasteiger charge is 2.16. The predicted molar refractivity (Wildman–Crippen MR) is 67.2 cm³/mol. The van der Waals surface area contributed by atoms with Gasteiger partial charge < -0.3 is 4.74 Å². The van der Waals surface area contributed by atoms with Gasteiger partial charge in [-0.05, 0) is 30.2 Å². The maximum Gasteiger partial charge on any atom is 0.149 e. The van der Waals surface area contributed by atoms with Gasteiger partial charge in [-0.1, -0.05) is 12.1 Å². The monoisotopic (exact) mass is 239 g/mol. The van der Waals surface area contributed by atoms with Crippen molar-refractivity contribution in [1.82, 2.24) is 9.97 Å². The van der Waals surface area contributed by atoms with Crippen LogP contribution in [0.2, 0.25) is 0 Å². The van der Waals surface area contributed by atoms with Crippen LogP contribution in [0, 0.1) is 18.3 Å². The average molecular weight is 239 g/mol. The van der Waals surface area contributed by atoms with Crippen molar-refractivity contribution in [3.8, 4) is 11.8 Å². The fourth-order valence-electron chi connectivity index (χ4n) is 1.82. The minimum atomic E-state index is -0.448. The molecule has 0 spiro atoms. The van der Waals surface area contributed by atoms with Crippen LogP contribution in [0.3, 0.4) is 0 Å². The number of hydrogen-bond acceptors (Lipinski definition) is 4. The van der Waals surface area contributed by atoms with Crippen LogP contribution >= 0.6 is 0 Å². The lowest BCUT2D eigenvalue weighted by molar-refractivity contribution is 0.411. The van der Waals surface area contributed by atoms with Crippen molar-refractivity contribution < 1.29 is 4.74 Å². The zero-order valence-corrected chi connectivity index (χ0v) is 10.3.